The molecule has 0 spiro atoms. The smallest absolute Gasteiger partial charge is 0.125 e. The highest BCUT2D eigenvalue weighted by Gasteiger charge is 2.07. The lowest BCUT2D eigenvalue weighted by molar-refractivity contribution is 0.141. The van der Waals surface area contributed by atoms with Gasteiger partial charge in [-0.2, -0.15) is 0 Å². The number of benzene rings is 1. The van der Waals surface area contributed by atoms with Gasteiger partial charge in [0.05, 0.1) is 20.8 Å². The van der Waals surface area contributed by atoms with Gasteiger partial charge in [0.1, 0.15) is 11.5 Å². The topological polar surface area (TPSA) is 53.7 Å². The predicted molar refractivity (Wildman–Crippen MR) is 58.1 cm³/mol. The summed E-state index contributed by atoms with van der Waals surface area (Å²) in [5.41, 5.74) is 2.21. The number of ether oxygens (including phenoxy) is 2. The Labute approximate surface area is 89.9 Å². The van der Waals surface area contributed by atoms with Gasteiger partial charge in [0.25, 0.3) is 0 Å². The highest BCUT2D eigenvalue weighted by molar-refractivity contribution is 5.46. The second-order valence-corrected chi connectivity index (χ2v) is 3.23. The lowest BCUT2D eigenvalue weighted by atomic mass is 10.0. The van der Waals surface area contributed by atoms with E-state index < -0.39 is 0 Å². The zero-order valence-electron chi connectivity index (χ0n) is 9.37. The summed E-state index contributed by atoms with van der Waals surface area (Å²) in [6.07, 6.45) is 0.746. The van der Waals surface area contributed by atoms with E-state index in [1.807, 2.05) is 19.1 Å². The molecular weight excluding hydrogens is 194 g/mol. The van der Waals surface area contributed by atoms with Gasteiger partial charge in [0, 0.05) is 6.07 Å². The van der Waals surface area contributed by atoms with E-state index in [2.05, 4.69) is 4.84 Å². The highest BCUT2D eigenvalue weighted by Crippen LogP contribution is 2.28. The molecule has 0 aromatic heterocycles. The fraction of sp³-hybridized carbons (Fsp3) is 0.455. The van der Waals surface area contributed by atoms with Crippen molar-refractivity contribution in [3.8, 4) is 11.5 Å². The Morgan fingerprint density at radius 1 is 1.20 bits per heavy atom. The van der Waals surface area contributed by atoms with Crippen molar-refractivity contribution in [3.05, 3.63) is 23.3 Å². The maximum Gasteiger partial charge on any atom is 0.125 e. The Kier molecular flexibility index (Phi) is 4.39. The van der Waals surface area contributed by atoms with Gasteiger partial charge in [-0.25, -0.2) is 5.90 Å². The first-order chi connectivity index (χ1) is 7.22. The monoisotopic (exact) mass is 211 g/mol. The summed E-state index contributed by atoms with van der Waals surface area (Å²) in [7, 11) is 3.28. The largest absolute Gasteiger partial charge is 0.497 e. The summed E-state index contributed by atoms with van der Waals surface area (Å²) in [4.78, 5) is 4.57. The lowest BCUT2D eigenvalue weighted by Crippen LogP contribution is -2.05. The molecule has 1 rings (SSSR count). The minimum Gasteiger partial charge on any atom is -0.497 e. The number of hydrogen-bond acceptors (Lipinski definition) is 4. The molecule has 0 aliphatic heterocycles. The highest BCUT2D eigenvalue weighted by atomic mass is 16.6. The van der Waals surface area contributed by atoms with Crippen LogP contribution >= 0.6 is 0 Å². The van der Waals surface area contributed by atoms with Crippen molar-refractivity contribution in [3.63, 3.8) is 0 Å². The van der Waals surface area contributed by atoms with Crippen LogP contribution in [0.4, 0.5) is 0 Å². The normalized spacial score (nSPS) is 10.1. The van der Waals surface area contributed by atoms with Crippen LogP contribution in [-0.2, 0) is 11.3 Å². The predicted octanol–water partition coefficient (Wildman–Crippen LogP) is 1.45. The van der Waals surface area contributed by atoms with Crippen molar-refractivity contribution in [2.24, 2.45) is 5.90 Å². The summed E-state index contributed by atoms with van der Waals surface area (Å²) >= 11 is 0. The molecule has 0 aliphatic carbocycles. The molecule has 15 heavy (non-hydrogen) atoms. The molecule has 0 amide bonds. The van der Waals surface area contributed by atoms with E-state index in [0.717, 1.165) is 29.0 Å². The number of methoxy groups -OCH3 is 2. The third kappa shape index (κ3) is 2.84. The summed E-state index contributed by atoms with van der Waals surface area (Å²) < 4.78 is 10.4. The van der Waals surface area contributed by atoms with Gasteiger partial charge in [-0.15, -0.1) is 0 Å². The van der Waals surface area contributed by atoms with E-state index >= 15 is 0 Å². The van der Waals surface area contributed by atoms with E-state index in [-0.39, 0.29) is 0 Å². The van der Waals surface area contributed by atoms with E-state index in [1.54, 1.807) is 14.2 Å². The standard InChI is InChI=1S/C11H17NO3/c1-8-9(4-5-15-12)6-10(13-2)7-11(8)14-3/h6-7H,4-5,12H2,1-3H3. The fourth-order valence-electron chi connectivity index (χ4n) is 1.48. The Morgan fingerprint density at radius 2 is 1.93 bits per heavy atom. The van der Waals surface area contributed by atoms with Crippen LogP contribution in [0.15, 0.2) is 12.1 Å². The summed E-state index contributed by atoms with van der Waals surface area (Å²) in [6, 6.07) is 3.83. The zero-order chi connectivity index (χ0) is 11.3. The van der Waals surface area contributed by atoms with E-state index in [9.17, 15) is 0 Å². The average Bonchev–Trinajstić information content (AvgIpc) is 2.27. The minimum atomic E-state index is 0.483. The molecule has 0 bridgehead atoms. The maximum atomic E-state index is 5.26. The van der Waals surface area contributed by atoms with Crippen molar-refractivity contribution < 1.29 is 14.3 Å². The quantitative estimate of drug-likeness (QED) is 0.749. The number of rotatable bonds is 5. The molecule has 1 aromatic rings. The molecule has 2 N–H and O–H groups in total. The van der Waals surface area contributed by atoms with E-state index in [0.29, 0.717) is 6.61 Å². The molecule has 0 heterocycles. The first-order valence-electron chi connectivity index (χ1n) is 4.76. The Hall–Kier alpha value is -1.26. The van der Waals surface area contributed by atoms with Crippen molar-refractivity contribution in [1.29, 1.82) is 0 Å². The van der Waals surface area contributed by atoms with E-state index in [4.69, 9.17) is 15.4 Å². The van der Waals surface area contributed by atoms with E-state index in [1.165, 1.54) is 0 Å². The van der Waals surface area contributed by atoms with Gasteiger partial charge in [-0.1, -0.05) is 0 Å². The molecule has 0 unspecified atom stereocenters. The Balaban J connectivity index is 3.01. The Bertz CT molecular complexity index is 326. The fourth-order valence-corrected chi connectivity index (χ4v) is 1.48. The van der Waals surface area contributed by atoms with Gasteiger partial charge >= 0.3 is 0 Å². The molecule has 4 nitrogen and oxygen atoms in total. The summed E-state index contributed by atoms with van der Waals surface area (Å²) in [5, 5.41) is 0. The third-order valence-corrected chi connectivity index (χ3v) is 2.39. The van der Waals surface area contributed by atoms with Crippen LogP contribution in [0.3, 0.4) is 0 Å². The molecule has 0 fully saturated rings. The molecule has 4 heteroatoms. The molecule has 1 aromatic carbocycles. The molecule has 0 aliphatic rings. The zero-order valence-corrected chi connectivity index (χ0v) is 9.37. The molecule has 0 atom stereocenters. The van der Waals surface area contributed by atoms with Gasteiger partial charge in [-0.05, 0) is 30.5 Å². The van der Waals surface area contributed by atoms with Gasteiger partial charge in [0.2, 0.25) is 0 Å². The third-order valence-electron chi connectivity index (χ3n) is 2.39. The summed E-state index contributed by atoms with van der Waals surface area (Å²) in [5.74, 6) is 6.61. The lowest BCUT2D eigenvalue weighted by Gasteiger charge is -2.12. The number of nitrogens with two attached hydrogens (primary N) is 1. The van der Waals surface area contributed by atoms with Crippen molar-refractivity contribution in [2.45, 2.75) is 13.3 Å². The van der Waals surface area contributed by atoms with Crippen LogP contribution in [0.5, 0.6) is 11.5 Å². The average molecular weight is 211 g/mol. The minimum absolute atomic E-state index is 0.483. The first kappa shape index (κ1) is 11.8. The SMILES string of the molecule is COc1cc(CCON)c(C)c(OC)c1. The van der Waals surface area contributed by atoms with Crippen molar-refractivity contribution in [2.75, 3.05) is 20.8 Å². The van der Waals surface area contributed by atoms with Crippen LogP contribution in [0.1, 0.15) is 11.1 Å². The van der Waals surface area contributed by atoms with Crippen LogP contribution in [0.2, 0.25) is 0 Å². The first-order valence-corrected chi connectivity index (χ1v) is 4.76. The molecular formula is C11H17NO3. The molecule has 84 valence electrons. The maximum absolute atomic E-state index is 5.26. The van der Waals surface area contributed by atoms with Gasteiger partial charge < -0.3 is 14.3 Å². The summed E-state index contributed by atoms with van der Waals surface area (Å²) in [6.45, 7) is 2.49. The molecule has 0 saturated heterocycles. The van der Waals surface area contributed by atoms with Crippen LogP contribution in [0.25, 0.3) is 0 Å². The Morgan fingerprint density at radius 3 is 2.47 bits per heavy atom. The van der Waals surface area contributed by atoms with Crippen molar-refractivity contribution >= 4 is 0 Å². The number of hydrogen-bond donors (Lipinski definition) is 1. The molecule has 0 radical (unpaired) electrons. The van der Waals surface area contributed by atoms with Crippen LogP contribution < -0.4 is 15.4 Å². The molecule has 0 saturated carbocycles. The van der Waals surface area contributed by atoms with Crippen LogP contribution in [-0.4, -0.2) is 20.8 Å². The van der Waals surface area contributed by atoms with Gasteiger partial charge in [-0.3, -0.25) is 0 Å². The second-order valence-electron chi connectivity index (χ2n) is 3.23. The van der Waals surface area contributed by atoms with Crippen LogP contribution in [0, 0.1) is 6.92 Å². The van der Waals surface area contributed by atoms with Crippen molar-refractivity contribution in [1.82, 2.24) is 0 Å². The second kappa shape index (κ2) is 5.58. The van der Waals surface area contributed by atoms with Gasteiger partial charge in [0.15, 0.2) is 0 Å².